The van der Waals surface area contributed by atoms with E-state index in [4.69, 9.17) is 14.2 Å². The van der Waals surface area contributed by atoms with Crippen LogP contribution in [-0.2, 0) is 33.9 Å². The molecule has 182 valence electrons. The standard InChI is InChI=1S/C22H25N3O8S/c26-20(15-32-18-6-2-1-3-7-18)23-14-22(28)33-16-21(27)24-17-5-4-8-19(13-17)34(29,30)25-9-11-31-12-10-25/h1-8,13H,9-12,14-16H2,(H,23,26)(H,24,27). The van der Waals surface area contributed by atoms with Crippen LogP contribution in [0.2, 0.25) is 0 Å². The summed E-state index contributed by atoms with van der Waals surface area (Å²) in [5, 5.41) is 4.82. The number of para-hydroxylation sites is 1. The summed E-state index contributed by atoms with van der Waals surface area (Å²) < 4.78 is 42.1. The number of ether oxygens (including phenoxy) is 3. The van der Waals surface area contributed by atoms with Gasteiger partial charge in [-0.3, -0.25) is 14.4 Å². The highest BCUT2D eigenvalue weighted by molar-refractivity contribution is 7.89. The molecular weight excluding hydrogens is 466 g/mol. The number of carbonyl (C=O) groups excluding carboxylic acids is 3. The van der Waals surface area contributed by atoms with Crippen LogP contribution >= 0.6 is 0 Å². The van der Waals surface area contributed by atoms with Gasteiger partial charge in [-0.25, -0.2) is 8.42 Å². The molecule has 34 heavy (non-hydrogen) atoms. The molecule has 1 saturated heterocycles. The van der Waals surface area contributed by atoms with E-state index in [-0.39, 0.29) is 30.3 Å². The van der Waals surface area contributed by atoms with E-state index < -0.39 is 41.0 Å². The maximum Gasteiger partial charge on any atom is 0.325 e. The molecule has 0 aliphatic carbocycles. The molecular formula is C22H25N3O8S. The summed E-state index contributed by atoms with van der Waals surface area (Å²) in [5.41, 5.74) is 0.238. The average Bonchev–Trinajstić information content (AvgIpc) is 2.86. The van der Waals surface area contributed by atoms with Crippen molar-refractivity contribution in [1.29, 1.82) is 0 Å². The number of carbonyl (C=O) groups is 3. The average molecular weight is 492 g/mol. The van der Waals surface area contributed by atoms with Crippen molar-refractivity contribution in [2.45, 2.75) is 4.90 Å². The Morgan fingerprint density at radius 3 is 2.41 bits per heavy atom. The summed E-state index contributed by atoms with van der Waals surface area (Å²) in [6, 6.07) is 14.5. The van der Waals surface area contributed by atoms with Crippen LogP contribution in [0.5, 0.6) is 5.75 Å². The molecule has 11 nitrogen and oxygen atoms in total. The maximum atomic E-state index is 12.7. The fourth-order valence-electron chi connectivity index (χ4n) is 2.95. The third kappa shape index (κ3) is 7.54. The van der Waals surface area contributed by atoms with Crippen LogP contribution in [0.4, 0.5) is 5.69 Å². The van der Waals surface area contributed by atoms with Crippen LogP contribution in [0, 0.1) is 0 Å². The molecule has 2 aromatic rings. The largest absolute Gasteiger partial charge is 0.484 e. The van der Waals surface area contributed by atoms with Crippen molar-refractivity contribution < 1.29 is 37.0 Å². The van der Waals surface area contributed by atoms with Gasteiger partial charge in [0.2, 0.25) is 10.0 Å². The number of hydrogen-bond acceptors (Lipinski definition) is 8. The Kier molecular flexibility index (Phi) is 8.96. The van der Waals surface area contributed by atoms with E-state index in [1.54, 1.807) is 24.3 Å². The van der Waals surface area contributed by atoms with Crippen LogP contribution in [0.25, 0.3) is 0 Å². The summed E-state index contributed by atoms with van der Waals surface area (Å²) in [7, 11) is -3.72. The molecule has 3 rings (SSSR count). The van der Waals surface area contributed by atoms with E-state index in [0.29, 0.717) is 19.0 Å². The molecule has 0 spiro atoms. The predicted octanol–water partition coefficient (Wildman–Crippen LogP) is 0.384. The minimum atomic E-state index is -3.72. The van der Waals surface area contributed by atoms with Crippen LogP contribution < -0.4 is 15.4 Å². The van der Waals surface area contributed by atoms with E-state index in [0.717, 1.165) is 0 Å². The van der Waals surface area contributed by atoms with Gasteiger partial charge in [-0.1, -0.05) is 24.3 Å². The van der Waals surface area contributed by atoms with Gasteiger partial charge in [-0.15, -0.1) is 0 Å². The van der Waals surface area contributed by atoms with Gasteiger partial charge < -0.3 is 24.8 Å². The summed E-state index contributed by atoms with van der Waals surface area (Å²) in [5.74, 6) is -1.48. The zero-order chi connectivity index (χ0) is 24.4. The molecule has 1 heterocycles. The molecule has 2 N–H and O–H groups in total. The van der Waals surface area contributed by atoms with Gasteiger partial charge in [0.1, 0.15) is 12.3 Å². The van der Waals surface area contributed by atoms with Gasteiger partial charge in [0.05, 0.1) is 18.1 Å². The van der Waals surface area contributed by atoms with Crippen molar-refractivity contribution in [1.82, 2.24) is 9.62 Å². The molecule has 0 atom stereocenters. The molecule has 0 saturated carbocycles. The smallest absolute Gasteiger partial charge is 0.325 e. The zero-order valence-electron chi connectivity index (χ0n) is 18.3. The minimum Gasteiger partial charge on any atom is -0.484 e. The number of hydrogen-bond donors (Lipinski definition) is 2. The first-order valence-corrected chi connectivity index (χ1v) is 11.9. The molecule has 1 fully saturated rings. The number of amides is 2. The second kappa shape index (κ2) is 12.1. The van der Waals surface area contributed by atoms with Crippen LogP contribution in [0.1, 0.15) is 0 Å². The lowest BCUT2D eigenvalue weighted by atomic mass is 10.3. The highest BCUT2D eigenvalue weighted by atomic mass is 32.2. The van der Waals surface area contributed by atoms with Crippen molar-refractivity contribution in [2.75, 3.05) is 51.4 Å². The van der Waals surface area contributed by atoms with E-state index in [1.165, 1.54) is 28.6 Å². The molecule has 1 aliphatic heterocycles. The number of benzene rings is 2. The number of anilines is 1. The second-order valence-corrected chi connectivity index (χ2v) is 9.07. The molecule has 12 heteroatoms. The summed E-state index contributed by atoms with van der Waals surface area (Å²) in [6.45, 7) is -0.161. The Balaban J connectivity index is 1.41. The lowest BCUT2D eigenvalue weighted by Gasteiger charge is -2.26. The SMILES string of the molecule is O=C(COc1ccccc1)NCC(=O)OCC(=O)Nc1cccc(S(=O)(=O)N2CCOCC2)c1. The lowest BCUT2D eigenvalue weighted by molar-refractivity contribution is -0.147. The first kappa shape index (κ1) is 25.1. The van der Waals surface area contributed by atoms with Crippen molar-refractivity contribution in [3.05, 3.63) is 54.6 Å². The van der Waals surface area contributed by atoms with Gasteiger partial charge in [0.25, 0.3) is 11.8 Å². The fraction of sp³-hybridized carbons (Fsp3) is 0.318. The van der Waals surface area contributed by atoms with E-state index in [2.05, 4.69) is 10.6 Å². The molecule has 0 unspecified atom stereocenters. The Morgan fingerprint density at radius 1 is 0.941 bits per heavy atom. The van der Waals surface area contributed by atoms with Crippen LogP contribution in [0.3, 0.4) is 0 Å². The molecule has 0 radical (unpaired) electrons. The monoisotopic (exact) mass is 491 g/mol. The van der Waals surface area contributed by atoms with Gasteiger partial charge in [0, 0.05) is 18.8 Å². The lowest BCUT2D eigenvalue weighted by Crippen LogP contribution is -2.40. The number of nitrogens with zero attached hydrogens (tertiary/aromatic N) is 1. The van der Waals surface area contributed by atoms with Gasteiger partial charge in [-0.2, -0.15) is 4.31 Å². The first-order chi connectivity index (χ1) is 16.3. The van der Waals surface area contributed by atoms with Gasteiger partial charge in [-0.05, 0) is 30.3 Å². The molecule has 2 amide bonds. The number of esters is 1. The van der Waals surface area contributed by atoms with E-state index in [9.17, 15) is 22.8 Å². The number of rotatable bonds is 10. The van der Waals surface area contributed by atoms with Crippen molar-refractivity contribution in [3.8, 4) is 5.75 Å². The number of morpholine rings is 1. The van der Waals surface area contributed by atoms with Crippen molar-refractivity contribution in [3.63, 3.8) is 0 Å². The zero-order valence-corrected chi connectivity index (χ0v) is 19.1. The van der Waals surface area contributed by atoms with Crippen LogP contribution in [0.15, 0.2) is 59.5 Å². The number of nitrogens with one attached hydrogen (secondary N) is 2. The minimum absolute atomic E-state index is 0.0321. The third-order valence-corrected chi connectivity index (χ3v) is 6.53. The van der Waals surface area contributed by atoms with Gasteiger partial charge >= 0.3 is 5.97 Å². The molecule has 1 aliphatic rings. The summed E-state index contributed by atoms with van der Waals surface area (Å²) >= 11 is 0. The normalized spacial score (nSPS) is 14.1. The Hall–Kier alpha value is -3.48. The Labute approximate surface area is 197 Å². The van der Waals surface area contributed by atoms with Crippen molar-refractivity contribution in [2.24, 2.45) is 0 Å². The fourth-order valence-corrected chi connectivity index (χ4v) is 4.41. The first-order valence-electron chi connectivity index (χ1n) is 10.4. The topological polar surface area (TPSA) is 140 Å². The predicted molar refractivity (Wildman–Crippen MR) is 121 cm³/mol. The van der Waals surface area contributed by atoms with E-state index in [1.807, 2.05) is 6.07 Å². The summed E-state index contributed by atoms with van der Waals surface area (Å²) in [6.07, 6.45) is 0. The number of sulfonamides is 1. The quantitative estimate of drug-likeness (QED) is 0.455. The highest BCUT2D eigenvalue weighted by Crippen LogP contribution is 2.20. The molecule has 2 aromatic carbocycles. The second-order valence-electron chi connectivity index (χ2n) is 7.13. The van der Waals surface area contributed by atoms with Crippen LogP contribution in [-0.4, -0.2) is 76.6 Å². The Morgan fingerprint density at radius 2 is 1.68 bits per heavy atom. The molecule has 0 aromatic heterocycles. The third-order valence-electron chi connectivity index (χ3n) is 4.63. The van der Waals surface area contributed by atoms with Gasteiger partial charge in [0.15, 0.2) is 13.2 Å². The highest BCUT2D eigenvalue weighted by Gasteiger charge is 2.26. The van der Waals surface area contributed by atoms with Crippen molar-refractivity contribution >= 4 is 33.5 Å². The Bertz CT molecular complexity index is 1100. The van der Waals surface area contributed by atoms with E-state index >= 15 is 0 Å². The summed E-state index contributed by atoms with van der Waals surface area (Å²) in [4.78, 5) is 35.7. The maximum absolute atomic E-state index is 12.7. The molecule has 0 bridgehead atoms.